The lowest BCUT2D eigenvalue weighted by atomic mass is 9.55. The van der Waals surface area contributed by atoms with Crippen LogP contribution in [0.3, 0.4) is 0 Å². The van der Waals surface area contributed by atoms with Crippen molar-refractivity contribution >= 4 is 15.9 Å². The van der Waals surface area contributed by atoms with Crippen molar-refractivity contribution in [3.05, 3.63) is 27.7 Å². The van der Waals surface area contributed by atoms with E-state index in [1.165, 1.54) is 47.7 Å². The van der Waals surface area contributed by atoms with Crippen LogP contribution in [0.1, 0.15) is 49.7 Å². The van der Waals surface area contributed by atoms with Crippen molar-refractivity contribution in [3.63, 3.8) is 0 Å². The zero-order valence-corrected chi connectivity index (χ0v) is 14.9. The number of benzene rings is 1. The largest absolute Gasteiger partial charge is 0.490 e. The summed E-state index contributed by atoms with van der Waals surface area (Å²) in [6.45, 7) is 4.27. The zero-order valence-electron chi connectivity index (χ0n) is 13.3. The maximum Gasteiger partial charge on any atom is 0.120 e. The molecule has 2 nitrogen and oxygen atoms in total. The molecule has 0 amide bonds. The van der Waals surface area contributed by atoms with Crippen LogP contribution >= 0.6 is 15.9 Å². The quantitative estimate of drug-likeness (QED) is 0.847. The summed E-state index contributed by atoms with van der Waals surface area (Å²) in [6.07, 6.45) is 8.27. The molecule has 3 heteroatoms. The Morgan fingerprint density at radius 2 is 1.76 bits per heavy atom. The fourth-order valence-electron chi connectivity index (χ4n) is 4.34. The molecule has 2 aliphatic rings. The van der Waals surface area contributed by atoms with Crippen LogP contribution in [0, 0.1) is 19.3 Å². The Morgan fingerprint density at radius 3 is 2.33 bits per heavy atom. The number of aryl methyl sites for hydroxylation is 2. The molecule has 2 atom stereocenters. The van der Waals surface area contributed by atoms with Gasteiger partial charge in [-0.05, 0) is 57.0 Å². The lowest BCUT2D eigenvalue weighted by Crippen LogP contribution is -2.64. The summed E-state index contributed by atoms with van der Waals surface area (Å²) in [5.74, 6) is 1.04. The first-order valence-corrected chi connectivity index (χ1v) is 8.97. The van der Waals surface area contributed by atoms with Gasteiger partial charge in [-0.3, -0.25) is 0 Å². The van der Waals surface area contributed by atoms with Gasteiger partial charge in [0.05, 0.1) is 0 Å². The molecule has 0 aliphatic heterocycles. The van der Waals surface area contributed by atoms with Gasteiger partial charge in [0.2, 0.25) is 0 Å². The van der Waals surface area contributed by atoms with Gasteiger partial charge in [-0.25, -0.2) is 0 Å². The van der Waals surface area contributed by atoms with Crippen LogP contribution in [0.25, 0.3) is 0 Å². The van der Waals surface area contributed by atoms with Crippen LogP contribution in [0.15, 0.2) is 16.6 Å². The van der Waals surface area contributed by atoms with Crippen molar-refractivity contribution in [3.8, 4) is 5.75 Å². The molecule has 2 saturated carbocycles. The minimum absolute atomic E-state index is 0.377. The highest BCUT2D eigenvalue weighted by atomic mass is 79.9. The average molecular weight is 352 g/mol. The molecule has 3 rings (SSSR count). The Hall–Kier alpha value is -0.540. The van der Waals surface area contributed by atoms with Crippen LogP contribution in [0.2, 0.25) is 0 Å². The summed E-state index contributed by atoms with van der Waals surface area (Å²) in [4.78, 5) is 0. The summed E-state index contributed by atoms with van der Waals surface area (Å²) >= 11 is 3.64. The van der Waals surface area contributed by atoms with Crippen LogP contribution in [0.4, 0.5) is 0 Å². The minimum Gasteiger partial charge on any atom is -0.490 e. The fourth-order valence-corrected chi connectivity index (χ4v) is 4.57. The van der Waals surface area contributed by atoms with Crippen molar-refractivity contribution in [2.75, 3.05) is 7.05 Å². The van der Waals surface area contributed by atoms with Crippen molar-refractivity contribution in [1.82, 2.24) is 5.32 Å². The van der Waals surface area contributed by atoms with E-state index in [0.717, 1.165) is 12.2 Å². The Balaban J connectivity index is 1.78. The second-order valence-electron chi connectivity index (χ2n) is 6.85. The molecule has 0 bridgehead atoms. The van der Waals surface area contributed by atoms with E-state index in [1.807, 2.05) is 0 Å². The lowest BCUT2D eigenvalue weighted by molar-refractivity contribution is -0.100. The molecule has 2 unspecified atom stereocenters. The van der Waals surface area contributed by atoms with Crippen molar-refractivity contribution in [2.45, 2.75) is 64.5 Å². The van der Waals surface area contributed by atoms with Gasteiger partial charge in [-0.1, -0.05) is 35.2 Å². The van der Waals surface area contributed by atoms with E-state index in [-0.39, 0.29) is 0 Å². The molecule has 0 heterocycles. The smallest absolute Gasteiger partial charge is 0.120 e. The number of halogens is 1. The van der Waals surface area contributed by atoms with Crippen LogP contribution in [-0.2, 0) is 0 Å². The predicted molar refractivity (Wildman–Crippen MR) is 91.0 cm³/mol. The fraction of sp³-hybridized carbons (Fsp3) is 0.667. The molecule has 2 aliphatic carbocycles. The molecule has 0 aromatic heterocycles. The molecule has 116 valence electrons. The van der Waals surface area contributed by atoms with Gasteiger partial charge in [-0.2, -0.15) is 0 Å². The maximum atomic E-state index is 6.43. The van der Waals surface area contributed by atoms with Crippen molar-refractivity contribution in [2.24, 2.45) is 5.41 Å². The van der Waals surface area contributed by atoms with Crippen molar-refractivity contribution < 1.29 is 4.74 Å². The molecule has 1 aromatic carbocycles. The minimum atomic E-state index is 0.377. The monoisotopic (exact) mass is 351 g/mol. The highest BCUT2D eigenvalue weighted by Gasteiger charge is 2.55. The number of nitrogens with one attached hydrogen (secondary N) is 1. The predicted octanol–water partition coefficient (Wildman–Crippen LogP) is 4.76. The molecule has 0 radical (unpaired) electrons. The number of rotatable bonds is 3. The van der Waals surface area contributed by atoms with Gasteiger partial charge in [0.25, 0.3) is 0 Å². The molecule has 1 spiro atoms. The number of hydrogen-bond donors (Lipinski definition) is 1. The second kappa shape index (κ2) is 5.92. The summed E-state index contributed by atoms with van der Waals surface area (Å²) in [7, 11) is 2.10. The van der Waals surface area contributed by atoms with E-state index < -0.39 is 0 Å². The SMILES string of the molecule is CNC1CC(Oc2cc(C)c(Br)c(C)c2)C12CCCCC2. The second-order valence-corrected chi connectivity index (χ2v) is 7.64. The first-order chi connectivity index (χ1) is 10.1. The average Bonchev–Trinajstić information content (AvgIpc) is 2.49. The summed E-state index contributed by atoms with van der Waals surface area (Å²) in [5.41, 5.74) is 2.89. The van der Waals surface area contributed by atoms with E-state index in [4.69, 9.17) is 4.74 Å². The lowest BCUT2D eigenvalue weighted by Gasteiger charge is -2.57. The van der Waals surface area contributed by atoms with Crippen LogP contribution in [-0.4, -0.2) is 19.2 Å². The van der Waals surface area contributed by atoms with E-state index in [0.29, 0.717) is 17.6 Å². The van der Waals surface area contributed by atoms with Crippen LogP contribution in [0.5, 0.6) is 5.75 Å². The van der Waals surface area contributed by atoms with E-state index in [9.17, 15) is 0 Å². The number of ether oxygens (including phenoxy) is 1. The molecule has 21 heavy (non-hydrogen) atoms. The summed E-state index contributed by atoms with van der Waals surface area (Å²) in [6, 6.07) is 4.97. The Labute approximate surface area is 136 Å². The Bertz CT molecular complexity index is 499. The third-order valence-electron chi connectivity index (χ3n) is 5.61. The van der Waals surface area contributed by atoms with Gasteiger partial charge in [0, 0.05) is 22.4 Å². The summed E-state index contributed by atoms with van der Waals surface area (Å²) < 4.78 is 7.63. The first kappa shape index (κ1) is 15.4. The third-order valence-corrected chi connectivity index (χ3v) is 6.86. The van der Waals surface area contributed by atoms with Gasteiger partial charge < -0.3 is 10.1 Å². The molecular weight excluding hydrogens is 326 g/mol. The normalized spacial score (nSPS) is 27.4. The van der Waals surface area contributed by atoms with Crippen LogP contribution < -0.4 is 10.1 Å². The Morgan fingerprint density at radius 1 is 1.14 bits per heavy atom. The maximum absolute atomic E-state index is 6.43. The van der Waals surface area contributed by atoms with Crippen molar-refractivity contribution in [1.29, 1.82) is 0 Å². The Kier molecular flexibility index (Phi) is 4.33. The van der Waals surface area contributed by atoms with E-state index in [1.54, 1.807) is 0 Å². The molecule has 1 aromatic rings. The first-order valence-electron chi connectivity index (χ1n) is 8.17. The van der Waals surface area contributed by atoms with Gasteiger partial charge >= 0.3 is 0 Å². The van der Waals surface area contributed by atoms with Gasteiger partial charge in [0.1, 0.15) is 11.9 Å². The highest BCUT2D eigenvalue weighted by Crippen LogP contribution is 2.53. The molecule has 2 fully saturated rings. The third kappa shape index (κ3) is 2.63. The molecule has 1 N–H and O–H groups in total. The highest BCUT2D eigenvalue weighted by molar-refractivity contribution is 9.10. The number of hydrogen-bond acceptors (Lipinski definition) is 2. The van der Waals surface area contributed by atoms with Gasteiger partial charge in [-0.15, -0.1) is 0 Å². The zero-order chi connectivity index (χ0) is 15.0. The molecule has 0 saturated heterocycles. The van der Waals surface area contributed by atoms with E-state index >= 15 is 0 Å². The standard InChI is InChI=1S/C18H26BrNO/c1-12-9-14(10-13(2)17(12)19)21-16-11-15(20-3)18(16)7-5-4-6-8-18/h9-10,15-16,20H,4-8,11H2,1-3H3. The molecular formula is C18H26BrNO. The van der Waals surface area contributed by atoms with E-state index in [2.05, 4.69) is 54.3 Å². The van der Waals surface area contributed by atoms with Gasteiger partial charge in [0.15, 0.2) is 0 Å². The summed E-state index contributed by atoms with van der Waals surface area (Å²) in [5, 5.41) is 3.52. The topological polar surface area (TPSA) is 21.3 Å².